The Hall–Kier alpha value is -1.99. The summed E-state index contributed by atoms with van der Waals surface area (Å²) in [4.78, 5) is 11.0. The molecule has 0 aliphatic heterocycles. The van der Waals surface area contributed by atoms with Crippen molar-refractivity contribution < 1.29 is 35.9 Å². The van der Waals surface area contributed by atoms with Crippen LogP contribution in [0.1, 0.15) is 20.8 Å². The lowest BCUT2D eigenvalue weighted by molar-refractivity contribution is -0.327. The summed E-state index contributed by atoms with van der Waals surface area (Å²) in [6.45, 7) is 5.30. The molecule has 0 fully saturated rings. The summed E-state index contributed by atoms with van der Waals surface area (Å²) in [6, 6.07) is 8.92. The van der Waals surface area contributed by atoms with E-state index in [0.717, 1.165) is 0 Å². The van der Waals surface area contributed by atoms with Gasteiger partial charge in [0.25, 0.3) is 0 Å². The van der Waals surface area contributed by atoms with Gasteiger partial charge in [0.2, 0.25) is 0 Å². The molecule has 0 saturated carbocycles. The molecule has 0 N–H and O–H groups in total. The fourth-order valence-electron chi connectivity index (χ4n) is 0.843. The Balaban J connectivity index is 0.000000423. The number of halogens is 6. The Morgan fingerprint density at radius 1 is 0.957 bits per heavy atom. The van der Waals surface area contributed by atoms with Crippen LogP contribution in [0.5, 0.6) is 5.75 Å². The van der Waals surface area contributed by atoms with Crippen molar-refractivity contribution in [3.05, 3.63) is 42.5 Å². The Bertz CT molecular complexity index is 513. The number of ether oxygens (including phenoxy) is 1. The first-order valence-electron chi connectivity index (χ1n) is 6.26. The molecule has 8 heteroatoms. The van der Waals surface area contributed by atoms with Crippen LogP contribution in [-0.4, -0.2) is 18.3 Å². The highest BCUT2D eigenvalue weighted by atomic mass is 19.4. The number of hydrogen-bond acceptors (Lipinski definition) is 2. The smallest absolute Gasteiger partial charge is 0.402 e. The molecule has 0 atom stereocenters. The van der Waals surface area contributed by atoms with Crippen LogP contribution in [0.15, 0.2) is 42.5 Å². The third-order valence-electron chi connectivity index (χ3n) is 2.72. The minimum Gasteiger partial charge on any atom is -0.423 e. The summed E-state index contributed by atoms with van der Waals surface area (Å²) in [5.74, 6) is 0.159. The molecule has 0 radical (unpaired) electrons. The van der Waals surface area contributed by atoms with Gasteiger partial charge in [-0.1, -0.05) is 24.8 Å². The van der Waals surface area contributed by atoms with E-state index in [-0.39, 0.29) is 19.8 Å². The number of para-hydroxylation sites is 1. The summed E-state index contributed by atoms with van der Waals surface area (Å²) in [5.41, 5.74) is -3.22. The molecule has 0 spiro atoms. The molecule has 0 bridgehead atoms. The molecule has 0 aliphatic carbocycles. The van der Waals surface area contributed by atoms with Gasteiger partial charge in [0.05, 0.1) is 0 Å². The van der Waals surface area contributed by atoms with Gasteiger partial charge < -0.3 is 4.74 Å². The van der Waals surface area contributed by atoms with Gasteiger partial charge in [0.15, 0.2) is 5.41 Å². The van der Waals surface area contributed by atoms with Crippen molar-refractivity contribution in [2.75, 3.05) is 0 Å². The van der Waals surface area contributed by atoms with Gasteiger partial charge in [-0.2, -0.15) is 26.3 Å². The van der Waals surface area contributed by atoms with E-state index in [0.29, 0.717) is 11.3 Å². The van der Waals surface area contributed by atoms with E-state index in [4.69, 9.17) is 4.74 Å². The van der Waals surface area contributed by atoms with Crippen LogP contribution in [0, 0.1) is 5.41 Å². The van der Waals surface area contributed by atoms with Crippen molar-refractivity contribution in [1.82, 2.24) is 0 Å². The molecule has 0 aromatic heterocycles. The molecule has 1 aromatic rings. The van der Waals surface area contributed by atoms with Crippen LogP contribution in [0.25, 0.3) is 0 Å². The molecule has 0 heterocycles. The Labute approximate surface area is 129 Å². The van der Waals surface area contributed by atoms with E-state index >= 15 is 0 Å². The number of hydrogen-bond donors (Lipinski definition) is 0. The highest BCUT2D eigenvalue weighted by Gasteiger charge is 2.64. The van der Waals surface area contributed by atoms with Gasteiger partial charge in [-0.25, -0.2) is 4.79 Å². The van der Waals surface area contributed by atoms with Crippen molar-refractivity contribution >= 4 is 5.97 Å². The molecule has 0 amide bonds. The first-order valence-corrected chi connectivity index (χ1v) is 6.26. The molecule has 1 rings (SSSR count). The number of benzene rings is 1. The van der Waals surface area contributed by atoms with Crippen molar-refractivity contribution in [1.29, 1.82) is 0 Å². The highest BCUT2D eigenvalue weighted by Crippen LogP contribution is 2.49. The van der Waals surface area contributed by atoms with Crippen LogP contribution in [-0.2, 0) is 4.79 Å². The minimum absolute atomic E-state index is 0.104. The average Bonchev–Trinajstić information content (AvgIpc) is 2.38. The van der Waals surface area contributed by atoms with E-state index in [2.05, 4.69) is 6.58 Å². The minimum atomic E-state index is -5.24. The largest absolute Gasteiger partial charge is 0.423 e. The number of alkyl halides is 6. The van der Waals surface area contributed by atoms with E-state index in [1.165, 1.54) is 0 Å². The van der Waals surface area contributed by atoms with E-state index in [1.807, 2.05) is 6.07 Å². The summed E-state index contributed by atoms with van der Waals surface area (Å²) in [5, 5.41) is 0. The molecule has 23 heavy (non-hydrogen) atoms. The predicted octanol–water partition coefficient (Wildman–Crippen LogP) is 5.31. The molecule has 2 nitrogen and oxygen atoms in total. The molecular weight excluding hydrogens is 326 g/mol. The fourth-order valence-corrected chi connectivity index (χ4v) is 0.843. The van der Waals surface area contributed by atoms with E-state index in [9.17, 15) is 31.1 Å². The number of rotatable bonds is 2. The zero-order valence-corrected chi connectivity index (χ0v) is 12.7. The lowest BCUT2D eigenvalue weighted by Gasteiger charge is -2.29. The zero-order chi connectivity index (χ0) is 18.5. The molecule has 0 saturated heterocycles. The number of carbonyl (C=O) groups is 1. The maximum atomic E-state index is 11.6. The van der Waals surface area contributed by atoms with Crippen molar-refractivity contribution in [2.24, 2.45) is 5.41 Å². The number of carbonyl (C=O) groups excluding carboxylic acids is 1. The second kappa shape index (κ2) is 7.52. The lowest BCUT2D eigenvalue weighted by Crippen LogP contribution is -2.44. The third-order valence-corrected chi connectivity index (χ3v) is 2.72. The molecule has 1 aromatic carbocycles. The topological polar surface area (TPSA) is 26.3 Å². The maximum absolute atomic E-state index is 11.6. The van der Waals surface area contributed by atoms with Crippen molar-refractivity contribution in [2.45, 2.75) is 33.1 Å². The van der Waals surface area contributed by atoms with Gasteiger partial charge in [-0.3, -0.25) is 0 Å². The van der Waals surface area contributed by atoms with Crippen LogP contribution < -0.4 is 4.74 Å². The SMILES string of the molecule is C=C(C)C(=O)Oc1ccccc1.CC(C)(C(F)(F)F)C(F)(F)F. The predicted molar refractivity (Wildman–Crippen MR) is 72.8 cm³/mol. The number of esters is 1. The van der Waals surface area contributed by atoms with Crippen LogP contribution in [0.3, 0.4) is 0 Å². The quantitative estimate of drug-likeness (QED) is 0.315. The van der Waals surface area contributed by atoms with Crippen molar-refractivity contribution in [3.63, 3.8) is 0 Å². The zero-order valence-electron chi connectivity index (χ0n) is 12.7. The third kappa shape index (κ3) is 6.33. The second-order valence-corrected chi connectivity index (χ2v) is 5.10. The van der Waals surface area contributed by atoms with Crippen molar-refractivity contribution in [3.8, 4) is 5.75 Å². The Morgan fingerprint density at radius 2 is 1.35 bits per heavy atom. The fraction of sp³-hybridized carbons (Fsp3) is 0.400. The van der Waals surface area contributed by atoms with Gasteiger partial charge in [0.1, 0.15) is 5.75 Å². The van der Waals surface area contributed by atoms with Crippen LogP contribution >= 0.6 is 0 Å². The van der Waals surface area contributed by atoms with E-state index < -0.39 is 17.8 Å². The average molecular weight is 342 g/mol. The first-order chi connectivity index (χ1) is 10.2. The molecule has 0 aliphatic rings. The van der Waals surface area contributed by atoms with Crippen LogP contribution in [0.2, 0.25) is 0 Å². The molecule has 130 valence electrons. The summed E-state index contributed by atoms with van der Waals surface area (Å²) >= 11 is 0. The second-order valence-electron chi connectivity index (χ2n) is 5.10. The van der Waals surface area contributed by atoms with Gasteiger partial charge in [0, 0.05) is 5.57 Å². The van der Waals surface area contributed by atoms with Gasteiger partial charge in [-0.15, -0.1) is 0 Å². The first kappa shape index (κ1) is 21.0. The summed E-state index contributed by atoms with van der Waals surface area (Å²) in [7, 11) is 0. The van der Waals surface area contributed by atoms with Gasteiger partial charge >= 0.3 is 18.3 Å². The normalized spacial score (nSPS) is 12.0. The Kier molecular flexibility index (Phi) is 6.87. The molecular formula is C15H16F6O2. The lowest BCUT2D eigenvalue weighted by atomic mass is 9.92. The molecule has 0 unspecified atom stereocenters. The van der Waals surface area contributed by atoms with Gasteiger partial charge in [-0.05, 0) is 32.9 Å². The maximum Gasteiger partial charge on any atom is 0.402 e. The summed E-state index contributed by atoms with van der Waals surface area (Å²) < 4.78 is 74.6. The van der Waals surface area contributed by atoms with E-state index in [1.54, 1.807) is 31.2 Å². The summed E-state index contributed by atoms with van der Waals surface area (Å²) in [6.07, 6.45) is -10.5. The van der Waals surface area contributed by atoms with Crippen LogP contribution in [0.4, 0.5) is 26.3 Å². The standard InChI is InChI=1S/C10H10O2.C5H6F6/c1-8(2)10(11)12-9-6-4-3-5-7-9;1-3(2,4(6,7)8)5(9,10)11/h3-7H,1H2,2H3;1-2H3. The monoisotopic (exact) mass is 342 g/mol. The highest BCUT2D eigenvalue weighted by molar-refractivity contribution is 5.88. The Morgan fingerprint density at radius 3 is 1.61 bits per heavy atom.